The lowest BCUT2D eigenvalue weighted by atomic mass is 9.90. The highest BCUT2D eigenvalue weighted by molar-refractivity contribution is 5.78. The molecular formula is C16H24O. The number of carbonyl (C=O) groups is 1. The van der Waals surface area contributed by atoms with Crippen molar-refractivity contribution in [2.75, 3.05) is 0 Å². The summed E-state index contributed by atoms with van der Waals surface area (Å²) in [7, 11) is 0. The van der Waals surface area contributed by atoms with Gasteiger partial charge < -0.3 is 0 Å². The first-order chi connectivity index (χ1) is 8.21. The van der Waals surface area contributed by atoms with Crippen LogP contribution in [0.4, 0.5) is 0 Å². The Balaban J connectivity index is 2.62. The van der Waals surface area contributed by atoms with Gasteiger partial charge in [0.2, 0.25) is 0 Å². The Morgan fingerprint density at radius 3 is 2.24 bits per heavy atom. The fourth-order valence-electron chi connectivity index (χ4n) is 2.14. The number of Topliss-reactive ketones (excluding diaryl/α,β-unsaturated/α-hetero) is 1. The first-order valence-corrected chi connectivity index (χ1v) is 6.81. The van der Waals surface area contributed by atoms with Crippen LogP contribution in [-0.4, -0.2) is 5.78 Å². The van der Waals surface area contributed by atoms with Gasteiger partial charge in [0.25, 0.3) is 0 Å². The molecule has 1 unspecified atom stereocenters. The quantitative estimate of drug-likeness (QED) is 0.676. The van der Waals surface area contributed by atoms with Crippen molar-refractivity contribution in [2.45, 2.75) is 58.8 Å². The smallest absolute Gasteiger partial charge is 0.132 e. The zero-order chi connectivity index (χ0) is 12.7. The second-order valence-electron chi connectivity index (χ2n) is 4.63. The van der Waals surface area contributed by atoms with Crippen LogP contribution in [0.25, 0.3) is 0 Å². The summed E-state index contributed by atoms with van der Waals surface area (Å²) in [5.74, 6) is 0.921. The van der Waals surface area contributed by atoms with Gasteiger partial charge in [0.1, 0.15) is 5.78 Å². The van der Waals surface area contributed by atoms with E-state index in [1.54, 1.807) is 0 Å². The van der Waals surface area contributed by atoms with E-state index in [2.05, 4.69) is 38.1 Å². The molecule has 17 heavy (non-hydrogen) atoms. The second-order valence-corrected chi connectivity index (χ2v) is 4.63. The number of aryl methyl sites for hydroxylation is 1. The molecule has 1 atom stereocenters. The van der Waals surface area contributed by atoms with Crippen LogP contribution in [-0.2, 0) is 11.2 Å². The van der Waals surface area contributed by atoms with Crippen LogP contribution in [0.1, 0.15) is 63.5 Å². The van der Waals surface area contributed by atoms with Gasteiger partial charge in [-0.1, -0.05) is 45.0 Å². The molecule has 0 aromatic heterocycles. The SMILES string of the molecule is CCC(=O)CCC(CC)c1ccc(CC)cc1. The summed E-state index contributed by atoms with van der Waals surface area (Å²) in [5, 5.41) is 0. The third-order valence-corrected chi connectivity index (χ3v) is 3.52. The van der Waals surface area contributed by atoms with Crippen molar-refractivity contribution in [2.24, 2.45) is 0 Å². The van der Waals surface area contributed by atoms with Crippen molar-refractivity contribution < 1.29 is 4.79 Å². The Bertz CT molecular complexity index is 337. The zero-order valence-electron chi connectivity index (χ0n) is 11.3. The van der Waals surface area contributed by atoms with E-state index in [1.165, 1.54) is 11.1 Å². The maximum absolute atomic E-state index is 11.4. The fourth-order valence-corrected chi connectivity index (χ4v) is 2.14. The molecule has 0 amide bonds. The van der Waals surface area contributed by atoms with E-state index in [0.717, 1.165) is 25.7 Å². The summed E-state index contributed by atoms with van der Waals surface area (Å²) in [4.78, 5) is 11.4. The van der Waals surface area contributed by atoms with E-state index in [-0.39, 0.29) is 0 Å². The van der Waals surface area contributed by atoms with Gasteiger partial charge in [-0.2, -0.15) is 0 Å². The summed E-state index contributed by atoms with van der Waals surface area (Å²) in [5.41, 5.74) is 2.77. The molecule has 0 N–H and O–H groups in total. The lowest BCUT2D eigenvalue weighted by Gasteiger charge is -2.15. The Kier molecular flexibility index (Phi) is 5.96. The Morgan fingerprint density at radius 2 is 1.76 bits per heavy atom. The third kappa shape index (κ3) is 4.33. The molecule has 1 heteroatoms. The van der Waals surface area contributed by atoms with Gasteiger partial charge in [-0.05, 0) is 36.3 Å². The molecule has 1 aromatic carbocycles. The van der Waals surface area contributed by atoms with Crippen LogP contribution in [0, 0.1) is 0 Å². The van der Waals surface area contributed by atoms with Crippen LogP contribution in [0.15, 0.2) is 24.3 Å². The first-order valence-electron chi connectivity index (χ1n) is 6.81. The number of hydrogen-bond acceptors (Lipinski definition) is 1. The van der Waals surface area contributed by atoms with Gasteiger partial charge in [0, 0.05) is 12.8 Å². The van der Waals surface area contributed by atoms with Gasteiger partial charge in [0.15, 0.2) is 0 Å². The molecule has 0 aliphatic rings. The van der Waals surface area contributed by atoms with Gasteiger partial charge in [-0.15, -0.1) is 0 Å². The molecule has 1 aromatic rings. The molecule has 1 rings (SSSR count). The monoisotopic (exact) mass is 232 g/mol. The Morgan fingerprint density at radius 1 is 1.12 bits per heavy atom. The van der Waals surface area contributed by atoms with E-state index in [4.69, 9.17) is 0 Å². The second kappa shape index (κ2) is 7.26. The minimum atomic E-state index is 0.383. The molecule has 0 radical (unpaired) electrons. The minimum Gasteiger partial charge on any atom is -0.300 e. The topological polar surface area (TPSA) is 17.1 Å². The predicted molar refractivity (Wildman–Crippen MR) is 73.4 cm³/mol. The number of carbonyl (C=O) groups excluding carboxylic acids is 1. The first kappa shape index (κ1) is 14.0. The fraction of sp³-hybridized carbons (Fsp3) is 0.562. The summed E-state index contributed by atoms with van der Waals surface area (Å²) < 4.78 is 0. The molecule has 0 bridgehead atoms. The molecular weight excluding hydrogens is 208 g/mol. The molecule has 0 aliphatic heterocycles. The molecule has 0 aliphatic carbocycles. The lowest BCUT2D eigenvalue weighted by molar-refractivity contribution is -0.118. The summed E-state index contributed by atoms with van der Waals surface area (Å²) >= 11 is 0. The van der Waals surface area contributed by atoms with Gasteiger partial charge in [0.05, 0.1) is 0 Å². The van der Waals surface area contributed by atoms with Crippen molar-refractivity contribution in [1.82, 2.24) is 0 Å². The number of rotatable bonds is 7. The van der Waals surface area contributed by atoms with Gasteiger partial charge in [-0.25, -0.2) is 0 Å². The molecule has 0 saturated heterocycles. The number of hydrogen-bond donors (Lipinski definition) is 0. The standard InChI is InChI=1S/C16H24O/c1-4-13-7-9-15(10-8-13)14(5-2)11-12-16(17)6-3/h7-10,14H,4-6,11-12H2,1-3H3. The molecule has 0 heterocycles. The predicted octanol–water partition coefficient (Wildman–Crippen LogP) is 4.50. The Labute approximate surface area is 105 Å². The lowest BCUT2D eigenvalue weighted by Crippen LogP contribution is -2.02. The van der Waals surface area contributed by atoms with E-state index < -0.39 is 0 Å². The molecule has 0 fully saturated rings. The number of ketones is 1. The number of benzene rings is 1. The van der Waals surface area contributed by atoms with Crippen LogP contribution >= 0.6 is 0 Å². The average Bonchev–Trinajstić information content (AvgIpc) is 2.39. The maximum Gasteiger partial charge on any atom is 0.132 e. The normalized spacial score (nSPS) is 12.4. The van der Waals surface area contributed by atoms with E-state index in [0.29, 0.717) is 18.1 Å². The van der Waals surface area contributed by atoms with Crippen molar-refractivity contribution in [3.8, 4) is 0 Å². The van der Waals surface area contributed by atoms with Crippen LogP contribution in [0.2, 0.25) is 0 Å². The van der Waals surface area contributed by atoms with Crippen molar-refractivity contribution in [3.05, 3.63) is 35.4 Å². The zero-order valence-corrected chi connectivity index (χ0v) is 11.3. The molecule has 94 valence electrons. The molecule has 1 nitrogen and oxygen atoms in total. The molecule has 0 saturated carbocycles. The van der Waals surface area contributed by atoms with Gasteiger partial charge >= 0.3 is 0 Å². The molecule has 0 spiro atoms. The summed E-state index contributed by atoms with van der Waals surface area (Å²) in [6, 6.07) is 8.87. The summed E-state index contributed by atoms with van der Waals surface area (Å²) in [6.07, 6.45) is 4.60. The average molecular weight is 232 g/mol. The van der Waals surface area contributed by atoms with Crippen LogP contribution < -0.4 is 0 Å². The van der Waals surface area contributed by atoms with Crippen molar-refractivity contribution >= 4 is 5.78 Å². The van der Waals surface area contributed by atoms with E-state index >= 15 is 0 Å². The van der Waals surface area contributed by atoms with Gasteiger partial charge in [-0.3, -0.25) is 4.79 Å². The van der Waals surface area contributed by atoms with E-state index in [9.17, 15) is 4.79 Å². The van der Waals surface area contributed by atoms with E-state index in [1.807, 2.05) is 6.92 Å². The van der Waals surface area contributed by atoms with Crippen molar-refractivity contribution in [3.63, 3.8) is 0 Å². The highest BCUT2D eigenvalue weighted by atomic mass is 16.1. The largest absolute Gasteiger partial charge is 0.300 e. The summed E-state index contributed by atoms with van der Waals surface area (Å²) in [6.45, 7) is 6.32. The third-order valence-electron chi connectivity index (χ3n) is 3.52. The van der Waals surface area contributed by atoms with Crippen molar-refractivity contribution in [1.29, 1.82) is 0 Å². The Hall–Kier alpha value is -1.11. The highest BCUT2D eigenvalue weighted by Crippen LogP contribution is 2.25. The van der Waals surface area contributed by atoms with Crippen LogP contribution in [0.3, 0.4) is 0 Å². The highest BCUT2D eigenvalue weighted by Gasteiger charge is 2.10. The maximum atomic E-state index is 11.4. The van der Waals surface area contributed by atoms with Crippen LogP contribution in [0.5, 0.6) is 0 Å². The minimum absolute atomic E-state index is 0.383.